The fraction of sp³-hybridized carbons (Fsp3) is 0.182. The lowest BCUT2D eigenvalue weighted by atomic mass is 10.0. The molecule has 0 aromatic heterocycles. The molecule has 228 valence electrons. The second-order valence-corrected chi connectivity index (χ2v) is 10.4. The highest BCUT2D eigenvalue weighted by Crippen LogP contribution is 2.34. The Labute approximate surface area is 257 Å². The molecule has 7 rings (SSSR count). The number of fused-ring (bicyclic) bond motifs is 3. The van der Waals surface area contributed by atoms with Crippen molar-refractivity contribution >= 4 is 17.7 Å². The summed E-state index contributed by atoms with van der Waals surface area (Å²) in [5.74, 6) is 2.36. The minimum Gasteiger partial charge on any atom is -0.454 e. The third-order valence-electron chi connectivity index (χ3n) is 7.39. The van der Waals surface area contributed by atoms with E-state index in [1.807, 2.05) is 18.2 Å². The first kappa shape index (κ1) is 27.9. The summed E-state index contributed by atoms with van der Waals surface area (Å²) in [4.78, 5) is 39.9. The van der Waals surface area contributed by atoms with Crippen molar-refractivity contribution in [1.82, 2.24) is 16.0 Å². The summed E-state index contributed by atoms with van der Waals surface area (Å²) in [6, 6.07) is 20.5. The van der Waals surface area contributed by atoms with Crippen molar-refractivity contribution in [3.63, 3.8) is 0 Å². The maximum Gasteiger partial charge on any atom is 0.251 e. The van der Waals surface area contributed by atoms with Crippen molar-refractivity contribution in [2.45, 2.75) is 19.6 Å². The molecule has 0 bridgehead atoms. The first-order valence-corrected chi connectivity index (χ1v) is 14.1. The standard InChI is InChI=1S/C33H27N3O9/c37-31(34-13-19-1-4-25-28(7-19)43-16-40-25)22-10-23(32(38)35-14-20-2-5-26-29(8-20)44-17-41-26)12-24(11-22)33(39)36-15-21-3-6-27-30(9-21)45-18-42-27/h1-12H,13-18H2,(H,34,37)(H,35,38)(H,36,39). The first-order valence-electron chi connectivity index (χ1n) is 14.1. The van der Waals surface area contributed by atoms with E-state index in [2.05, 4.69) is 16.0 Å². The molecule has 0 saturated heterocycles. The molecule has 0 radical (unpaired) electrons. The predicted molar refractivity (Wildman–Crippen MR) is 158 cm³/mol. The number of nitrogens with one attached hydrogen (secondary N) is 3. The Morgan fingerprint density at radius 1 is 0.422 bits per heavy atom. The summed E-state index contributed by atoms with van der Waals surface area (Å²) >= 11 is 0. The van der Waals surface area contributed by atoms with E-state index in [4.69, 9.17) is 28.4 Å². The van der Waals surface area contributed by atoms with E-state index in [-0.39, 0.29) is 56.7 Å². The molecule has 3 heterocycles. The molecular weight excluding hydrogens is 582 g/mol. The number of hydrogen-bond acceptors (Lipinski definition) is 9. The zero-order valence-corrected chi connectivity index (χ0v) is 23.8. The normalized spacial score (nSPS) is 13.3. The van der Waals surface area contributed by atoms with Gasteiger partial charge in [-0.1, -0.05) is 18.2 Å². The number of rotatable bonds is 9. The number of benzene rings is 4. The molecule has 3 amide bonds. The van der Waals surface area contributed by atoms with Crippen LogP contribution in [0.15, 0.2) is 72.8 Å². The van der Waals surface area contributed by atoms with Gasteiger partial charge in [-0.15, -0.1) is 0 Å². The Morgan fingerprint density at radius 2 is 0.711 bits per heavy atom. The zero-order valence-electron chi connectivity index (χ0n) is 23.8. The quantitative estimate of drug-likeness (QED) is 0.259. The first-order chi connectivity index (χ1) is 22.0. The van der Waals surface area contributed by atoms with Crippen LogP contribution in [0.1, 0.15) is 47.8 Å². The number of carbonyl (C=O) groups is 3. The summed E-state index contributed by atoms with van der Waals surface area (Å²) in [6.07, 6.45) is 0. The van der Waals surface area contributed by atoms with Crippen molar-refractivity contribution in [2.75, 3.05) is 20.4 Å². The third-order valence-corrected chi connectivity index (χ3v) is 7.39. The van der Waals surface area contributed by atoms with Gasteiger partial charge < -0.3 is 44.4 Å². The summed E-state index contributed by atoms with van der Waals surface area (Å²) in [5.41, 5.74) is 2.85. The maximum absolute atomic E-state index is 13.3. The van der Waals surface area contributed by atoms with Gasteiger partial charge in [0, 0.05) is 36.3 Å². The van der Waals surface area contributed by atoms with E-state index in [9.17, 15) is 14.4 Å². The van der Waals surface area contributed by atoms with E-state index >= 15 is 0 Å². The third kappa shape index (κ3) is 6.11. The topological polar surface area (TPSA) is 143 Å². The average molecular weight is 610 g/mol. The van der Waals surface area contributed by atoms with Gasteiger partial charge in [-0.25, -0.2) is 0 Å². The van der Waals surface area contributed by atoms with Crippen LogP contribution >= 0.6 is 0 Å². The Hall–Kier alpha value is -5.91. The van der Waals surface area contributed by atoms with Crippen molar-refractivity contribution in [1.29, 1.82) is 0 Å². The molecule has 3 aliphatic heterocycles. The molecule has 0 spiro atoms. The van der Waals surface area contributed by atoms with Crippen LogP contribution < -0.4 is 44.4 Å². The predicted octanol–water partition coefficient (Wildman–Crippen LogP) is 3.66. The van der Waals surface area contributed by atoms with E-state index in [1.165, 1.54) is 18.2 Å². The summed E-state index contributed by atoms with van der Waals surface area (Å²) < 4.78 is 32.3. The van der Waals surface area contributed by atoms with Crippen LogP contribution in [0.5, 0.6) is 34.5 Å². The highest BCUT2D eigenvalue weighted by Gasteiger charge is 2.20. The van der Waals surface area contributed by atoms with Gasteiger partial charge in [0.15, 0.2) is 34.5 Å². The fourth-order valence-electron chi connectivity index (χ4n) is 5.03. The highest BCUT2D eigenvalue weighted by molar-refractivity contribution is 6.04. The molecule has 0 atom stereocenters. The number of ether oxygens (including phenoxy) is 6. The highest BCUT2D eigenvalue weighted by atomic mass is 16.7. The molecule has 0 unspecified atom stereocenters. The number of carbonyl (C=O) groups excluding carboxylic acids is 3. The van der Waals surface area contributed by atoms with Crippen molar-refractivity contribution < 1.29 is 42.8 Å². The molecule has 3 N–H and O–H groups in total. The molecule has 3 aliphatic rings. The van der Waals surface area contributed by atoms with Gasteiger partial charge in [0.05, 0.1) is 0 Å². The van der Waals surface area contributed by atoms with Crippen LogP contribution in [0.25, 0.3) is 0 Å². The number of amides is 3. The van der Waals surface area contributed by atoms with E-state index in [0.29, 0.717) is 34.5 Å². The summed E-state index contributed by atoms with van der Waals surface area (Å²) in [5, 5.41) is 8.56. The zero-order chi connectivity index (χ0) is 30.8. The molecular formula is C33H27N3O9. The average Bonchev–Trinajstić information content (AvgIpc) is 3.85. The van der Waals surface area contributed by atoms with Crippen molar-refractivity contribution in [3.8, 4) is 34.5 Å². The lowest BCUT2D eigenvalue weighted by Gasteiger charge is -2.12. The molecule has 0 saturated carbocycles. The molecule has 4 aromatic rings. The lowest BCUT2D eigenvalue weighted by Crippen LogP contribution is -2.28. The monoisotopic (exact) mass is 609 g/mol. The van der Waals surface area contributed by atoms with E-state index < -0.39 is 17.7 Å². The van der Waals surface area contributed by atoms with Crippen molar-refractivity contribution in [2.24, 2.45) is 0 Å². The smallest absolute Gasteiger partial charge is 0.251 e. The van der Waals surface area contributed by atoms with Crippen LogP contribution in [0.2, 0.25) is 0 Å². The molecule has 12 nitrogen and oxygen atoms in total. The summed E-state index contributed by atoms with van der Waals surface area (Å²) in [7, 11) is 0. The van der Waals surface area contributed by atoms with Crippen LogP contribution in [0.3, 0.4) is 0 Å². The van der Waals surface area contributed by atoms with Gasteiger partial charge in [-0.2, -0.15) is 0 Å². The van der Waals surface area contributed by atoms with Gasteiger partial charge in [0.2, 0.25) is 20.4 Å². The SMILES string of the molecule is O=C(NCc1ccc2c(c1)OCO2)c1cc(C(=O)NCc2ccc3c(c2)OCO3)cc(C(=O)NCc2ccc3c(c2)OCO3)c1. The Morgan fingerprint density at radius 3 is 1.02 bits per heavy atom. The molecule has 0 aliphatic carbocycles. The second-order valence-electron chi connectivity index (χ2n) is 10.4. The summed E-state index contributed by atoms with van der Waals surface area (Å²) in [6.45, 7) is 1.03. The Kier molecular flexibility index (Phi) is 7.44. The number of hydrogen-bond donors (Lipinski definition) is 3. The van der Waals surface area contributed by atoms with Crippen LogP contribution in [-0.2, 0) is 19.6 Å². The fourth-order valence-corrected chi connectivity index (χ4v) is 5.03. The Bertz CT molecular complexity index is 1600. The maximum atomic E-state index is 13.3. The van der Waals surface area contributed by atoms with E-state index in [1.54, 1.807) is 36.4 Å². The van der Waals surface area contributed by atoms with Crippen LogP contribution in [0, 0.1) is 0 Å². The van der Waals surface area contributed by atoms with Gasteiger partial charge in [0.1, 0.15) is 0 Å². The van der Waals surface area contributed by atoms with Gasteiger partial charge in [-0.3, -0.25) is 14.4 Å². The lowest BCUT2D eigenvalue weighted by molar-refractivity contribution is 0.0950. The molecule has 45 heavy (non-hydrogen) atoms. The minimum absolute atomic E-state index is 0.147. The largest absolute Gasteiger partial charge is 0.454 e. The second kappa shape index (κ2) is 12.0. The van der Waals surface area contributed by atoms with Gasteiger partial charge in [0.25, 0.3) is 17.7 Å². The van der Waals surface area contributed by atoms with Crippen LogP contribution in [0.4, 0.5) is 0 Å². The molecule has 12 heteroatoms. The van der Waals surface area contributed by atoms with Crippen molar-refractivity contribution in [3.05, 3.63) is 106 Å². The molecule has 4 aromatic carbocycles. The van der Waals surface area contributed by atoms with Crippen LogP contribution in [-0.4, -0.2) is 38.1 Å². The molecule has 0 fully saturated rings. The van der Waals surface area contributed by atoms with Gasteiger partial charge in [-0.05, 0) is 71.3 Å². The van der Waals surface area contributed by atoms with Gasteiger partial charge >= 0.3 is 0 Å². The minimum atomic E-state index is -0.456. The van der Waals surface area contributed by atoms with E-state index in [0.717, 1.165) is 16.7 Å². The Balaban J connectivity index is 1.08.